The van der Waals surface area contributed by atoms with Gasteiger partial charge in [-0.3, -0.25) is 9.69 Å². The van der Waals surface area contributed by atoms with Gasteiger partial charge in [0.1, 0.15) is 5.76 Å². The number of nitrogens with one attached hydrogen (secondary N) is 1. The lowest BCUT2D eigenvalue weighted by molar-refractivity contribution is 0.0930. The highest BCUT2D eigenvalue weighted by Gasteiger charge is 2.20. The molecular weight excluding hydrogens is 306 g/mol. The lowest BCUT2D eigenvalue weighted by Gasteiger charge is -2.22. The number of carbonyl (C=O) groups excluding carboxylic acids is 1. The molecule has 0 aliphatic heterocycles. The zero-order valence-electron chi connectivity index (χ0n) is 13.6. The van der Waals surface area contributed by atoms with Gasteiger partial charge in [0.25, 0.3) is 5.91 Å². The van der Waals surface area contributed by atoms with Crippen LogP contribution in [0.5, 0.6) is 0 Å². The third-order valence-electron chi connectivity index (χ3n) is 3.75. The standard InChI is InChI=1S/C18H19N3O3/c1-21(2)15(16-9-6-10-23-16)12-19-18(22)14-11-17(24-20-14)13-7-4-3-5-8-13/h3-11,15H,12H2,1-2H3,(H,19,22)/t15-/m1/s1. The number of benzene rings is 1. The van der Waals surface area contributed by atoms with Gasteiger partial charge in [-0.1, -0.05) is 35.5 Å². The lowest BCUT2D eigenvalue weighted by atomic mass is 10.1. The van der Waals surface area contributed by atoms with Gasteiger partial charge >= 0.3 is 0 Å². The van der Waals surface area contributed by atoms with E-state index in [1.165, 1.54) is 0 Å². The maximum Gasteiger partial charge on any atom is 0.273 e. The van der Waals surface area contributed by atoms with Crippen LogP contribution in [0.15, 0.2) is 63.7 Å². The normalized spacial score (nSPS) is 12.3. The highest BCUT2D eigenvalue weighted by atomic mass is 16.5. The van der Waals surface area contributed by atoms with Crippen LogP contribution < -0.4 is 5.32 Å². The van der Waals surface area contributed by atoms with E-state index in [9.17, 15) is 4.79 Å². The molecule has 124 valence electrons. The molecule has 6 heteroatoms. The van der Waals surface area contributed by atoms with E-state index < -0.39 is 0 Å². The first kappa shape index (κ1) is 16.0. The van der Waals surface area contributed by atoms with E-state index in [2.05, 4.69) is 10.5 Å². The quantitative estimate of drug-likeness (QED) is 0.754. The summed E-state index contributed by atoms with van der Waals surface area (Å²) in [4.78, 5) is 14.3. The lowest BCUT2D eigenvalue weighted by Crippen LogP contribution is -2.34. The first-order valence-electron chi connectivity index (χ1n) is 7.65. The number of likely N-dealkylation sites (N-methyl/N-ethyl adjacent to an activating group) is 1. The van der Waals surface area contributed by atoms with Crippen LogP contribution in [0, 0.1) is 0 Å². The van der Waals surface area contributed by atoms with Crippen LogP contribution in [-0.2, 0) is 0 Å². The van der Waals surface area contributed by atoms with Crippen molar-refractivity contribution in [3.05, 3.63) is 66.2 Å². The molecule has 3 rings (SSSR count). The molecule has 0 fully saturated rings. The molecule has 0 bridgehead atoms. The smallest absolute Gasteiger partial charge is 0.273 e. The number of furan rings is 1. The van der Waals surface area contributed by atoms with Gasteiger partial charge in [0.05, 0.1) is 12.3 Å². The molecule has 0 saturated heterocycles. The van der Waals surface area contributed by atoms with Crippen LogP contribution in [0.1, 0.15) is 22.3 Å². The molecule has 2 heterocycles. The van der Waals surface area contributed by atoms with Crippen molar-refractivity contribution >= 4 is 5.91 Å². The van der Waals surface area contributed by atoms with Crippen LogP contribution >= 0.6 is 0 Å². The summed E-state index contributed by atoms with van der Waals surface area (Å²) in [7, 11) is 3.87. The number of nitrogens with zero attached hydrogens (tertiary/aromatic N) is 2. The van der Waals surface area contributed by atoms with Crippen molar-refractivity contribution in [2.75, 3.05) is 20.6 Å². The van der Waals surface area contributed by atoms with E-state index in [0.29, 0.717) is 12.3 Å². The second-order valence-corrected chi connectivity index (χ2v) is 5.65. The predicted octanol–water partition coefficient (Wildman–Crippen LogP) is 2.97. The minimum absolute atomic E-state index is 0.0514. The predicted molar refractivity (Wildman–Crippen MR) is 89.4 cm³/mol. The number of rotatable bonds is 6. The zero-order valence-corrected chi connectivity index (χ0v) is 13.6. The molecule has 6 nitrogen and oxygen atoms in total. The van der Waals surface area contributed by atoms with Crippen molar-refractivity contribution in [3.63, 3.8) is 0 Å². The zero-order chi connectivity index (χ0) is 16.9. The van der Waals surface area contributed by atoms with Crippen LogP contribution in [0.4, 0.5) is 0 Å². The third kappa shape index (κ3) is 3.55. The highest BCUT2D eigenvalue weighted by molar-refractivity contribution is 5.93. The van der Waals surface area contributed by atoms with Crippen molar-refractivity contribution in [2.45, 2.75) is 6.04 Å². The number of carbonyl (C=O) groups is 1. The topological polar surface area (TPSA) is 71.5 Å². The fraction of sp³-hybridized carbons (Fsp3) is 0.222. The van der Waals surface area contributed by atoms with E-state index in [0.717, 1.165) is 11.3 Å². The maximum absolute atomic E-state index is 12.3. The van der Waals surface area contributed by atoms with E-state index in [1.54, 1.807) is 12.3 Å². The molecule has 1 atom stereocenters. The molecule has 2 aromatic heterocycles. The monoisotopic (exact) mass is 325 g/mol. The maximum atomic E-state index is 12.3. The largest absolute Gasteiger partial charge is 0.468 e. The van der Waals surface area contributed by atoms with Crippen molar-refractivity contribution < 1.29 is 13.7 Å². The second kappa shape index (κ2) is 7.14. The van der Waals surface area contributed by atoms with Crippen molar-refractivity contribution in [1.82, 2.24) is 15.4 Å². The minimum atomic E-state index is -0.278. The molecule has 24 heavy (non-hydrogen) atoms. The first-order chi connectivity index (χ1) is 11.6. The fourth-order valence-corrected chi connectivity index (χ4v) is 2.42. The number of amides is 1. The summed E-state index contributed by atoms with van der Waals surface area (Å²) >= 11 is 0. The van der Waals surface area contributed by atoms with Crippen molar-refractivity contribution in [3.8, 4) is 11.3 Å². The van der Waals surface area contributed by atoms with Gasteiger partial charge in [-0.15, -0.1) is 0 Å². The second-order valence-electron chi connectivity index (χ2n) is 5.65. The first-order valence-corrected chi connectivity index (χ1v) is 7.65. The SMILES string of the molecule is CN(C)[C@H](CNC(=O)c1cc(-c2ccccc2)on1)c1ccco1. The van der Waals surface area contributed by atoms with Gasteiger partial charge in [-0.05, 0) is 26.2 Å². The van der Waals surface area contributed by atoms with Gasteiger partial charge < -0.3 is 14.3 Å². The molecule has 0 spiro atoms. The number of hydrogen-bond acceptors (Lipinski definition) is 5. The van der Waals surface area contributed by atoms with Crippen molar-refractivity contribution in [1.29, 1.82) is 0 Å². The summed E-state index contributed by atoms with van der Waals surface area (Å²) in [6.45, 7) is 0.410. The Morgan fingerprint density at radius 2 is 2.00 bits per heavy atom. The Balaban J connectivity index is 1.66. The van der Waals surface area contributed by atoms with E-state index in [4.69, 9.17) is 8.94 Å². The summed E-state index contributed by atoms with van der Waals surface area (Å²) in [6, 6.07) is 14.8. The number of aromatic nitrogens is 1. The molecule has 1 aromatic carbocycles. The molecule has 1 N–H and O–H groups in total. The van der Waals surface area contributed by atoms with Gasteiger partial charge in [-0.25, -0.2) is 0 Å². The Kier molecular flexibility index (Phi) is 4.77. The summed E-state index contributed by atoms with van der Waals surface area (Å²) in [5, 5.41) is 6.72. The number of hydrogen-bond donors (Lipinski definition) is 1. The van der Waals surface area contributed by atoms with Gasteiger partial charge in [0.15, 0.2) is 11.5 Å². The molecule has 0 aliphatic rings. The Hall–Kier alpha value is -2.86. The fourth-order valence-electron chi connectivity index (χ4n) is 2.42. The van der Waals surface area contributed by atoms with Gasteiger partial charge in [0, 0.05) is 18.2 Å². The third-order valence-corrected chi connectivity index (χ3v) is 3.75. The highest BCUT2D eigenvalue weighted by Crippen LogP contribution is 2.20. The molecule has 0 aliphatic carbocycles. The summed E-state index contributed by atoms with van der Waals surface area (Å²) in [5.41, 5.74) is 1.14. The van der Waals surface area contributed by atoms with Crippen LogP contribution in [0.3, 0.4) is 0 Å². The van der Waals surface area contributed by atoms with Crippen LogP contribution in [0.25, 0.3) is 11.3 Å². The minimum Gasteiger partial charge on any atom is -0.468 e. The Morgan fingerprint density at radius 1 is 1.21 bits per heavy atom. The Bertz CT molecular complexity index is 779. The summed E-state index contributed by atoms with van der Waals surface area (Å²) in [6.07, 6.45) is 1.62. The van der Waals surface area contributed by atoms with Gasteiger partial charge in [0.2, 0.25) is 0 Å². The molecule has 0 radical (unpaired) electrons. The van der Waals surface area contributed by atoms with Crippen molar-refractivity contribution in [2.24, 2.45) is 0 Å². The Morgan fingerprint density at radius 3 is 2.67 bits per heavy atom. The van der Waals surface area contributed by atoms with Crippen LogP contribution in [0.2, 0.25) is 0 Å². The van der Waals surface area contributed by atoms with Crippen LogP contribution in [-0.4, -0.2) is 36.6 Å². The molecule has 1 amide bonds. The van der Waals surface area contributed by atoms with E-state index in [1.807, 2.05) is 61.5 Å². The average Bonchev–Trinajstić information content (AvgIpc) is 3.27. The van der Waals surface area contributed by atoms with E-state index in [-0.39, 0.29) is 17.6 Å². The molecule has 0 saturated carbocycles. The Labute approximate surface area is 140 Å². The summed E-state index contributed by atoms with van der Waals surface area (Å²) in [5.74, 6) is 1.08. The molecule has 0 unspecified atom stereocenters. The summed E-state index contributed by atoms with van der Waals surface area (Å²) < 4.78 is 10.7. The average molecular weight is 325 g/mol. The van der Waals surface area contributed by atoms with Gasteiger partial charge in [-0.2, -0.15) is 0 Å². The van der Waals surface area contributed by atoms with E-state index >= 15 is 0 Å². The molecule has 3 aromatic rings. The molecular formula is C18H19N3O3.